The van der Waals surface area contributed by atoms with E-state index in [1.807, 2.05) is 18.2 Å². The van der Waals surface area contributed by atoms with Crippen LogP contribution in [0.25, 0.3) is 0 Å². The van der Waals surface area contributed by atoms with Gasteiger partial charge in [0.15, 0.2) is 0 Å². The van der Waals surface area contributed by atoms with Crippen molar-refractivity contribution in [1.82, 2.24) is 5.32 Å². The molecule has 0 aliphatic carbocycles. The molecule has 0 heterocycles. The molecule has 0 aliphatic heterocycles. The van der Waals surface area contributed by atoms with Gasteiger partial charge in [-0.15, -0.1) is 0 Å². The summed E-state index contributed by atoms with van der Waals surface area (Å²) < 4.78 is 5.24. The van der Waals surface area contributed by atoms with Crippen LogP contribution < -0.4 is 21.5 Å². The first kappa shape index (κ1) is 14.7. The minimum Gasteiger partial charge on any atom is -0.496 e. The van der Waals surface area contributed by atoms with Crippen LogP contribution in [0.5, 0.6) is 5.75 Å². The van der Waals surface area contributed by atoms with Gasteiger partial charge < -0.3 is 21.5 Å². The Hall–Kier alpha value is -2.69. The van der Waals surface area contributed by atoms with Crippen LogP contribution in [0.4, 0.5) is 11.4 Å². The number of nitrogen functional groups attached to an aromatic ring is 2. The van der Waals surface area contributed by atoms with E-state index in [2.05, 4.69) is 5.32 Å². The second kappa shape index (κ2) is 6.65. The Morgan fingerprint density at radius 2 is 1.76 bits per heavy atom. The molecule has 0 bridgehead atoms. The fourth-order valence-electron chi connectivity index (χ4n) is 1.98. The van der Waals surface area contributed by atoms with Crippen LogP contribution >= 0.6 is 0 Å². The molecule has 2 rings (SSSR count). The summed E-state index contributed by atoms with van der Waals surface area (Å²) in [6, 6.07) is 12.6. The van der Waals surface area contributed by atoms with Crippen molar-refractivity contribution < 1.29 is 9.53 Å². The maximum absolute atomic E-state index is 11.9. The summed E-state index contributed by atoms with van der Waals surface area (Å²) in [7, 11) is 1.58. The van der Waals surface area contributed by atoms with Gasteiger partial charge in [-0.2, -0.15) is 0 Å². The molecular weight excluding hydrogens is 266 g/mol. The first-order valence-corrected chi connectivity index (χ1v) is 6.62. The van der Waals surface area contributed by atoms with Crippen LogP contribution in [0.15, 0.2) is 42.5 Å². The van der Waals surface area contributed by atoms with Crippen LogP contribution in [-0.4, -0.2) is 13.0 Å². The van der Waals surface area contributed by atoms with E-state index in [1.165, 1.54) is 0 Å². The Bertz CT molecular complexity index is 624. The quantitative estimate of drug-likeness (QED) is 0.730. The molecule has 2 aromatic rings. The van der Waals surface area contributed by atoms with E-state index in [1.54, 1.807) is 31.4 Å². The third-order valence-electron chi connectivity index (χ3n) is 3.13. The highest BCUT2D eigenvalue weighted by Gasteiger charge is 2.07. The lowest BCUT2D eigenvalue weighted by molar-refractivity contribution is -0.120. The summed E-state index contributed by atoms with van der Waals surface area (Å²) in [6.07, 6.45) is 0.317. The number of ether oxygens (including phenoxy) is 1. The summed E-state index contributed by atoms with van der Waals surface area (Å²) in [5.41, 5.74) is 14.4. The largest absolute Gasteiger partial charge is 0.496 e. The van der Waals surface area contributed by atoms with Gasteiger partial charge in [-0.05, 0) is 23.8 Å². The molecule has 110 valence electrons. The van der Waals surface area contributed by atoms with Crippen molar-refractivity contribution in [2.75, 3.05) is 18.6 Å². The molecule has 0 aliphatic rings. The second-order valence-electron chi connectivity index (χ2n) is 4.77. The summed E-state index contributed by atoms with van der Waals surface area (Å²) >= 11 is 0. The number of carbonyl (C=O) groups is 1. The van der Waals surface area contributed by atoms with Gasteiger partial charge in [-0.1, -0.05) is 18.2 Å². The van der Waals surface area contributed by atoms with E-state index in [9.17, 15) is 4.79 Å². The molecule has 0 saturated carbocycles. The number of nitrogens with one attached hydrogen (secondary N) is 1. The topological polar surface area (TPSA) is 90.4 Å². The minimum atomic E-state index is -0.0568. The molecule has 1 amide bonds. The normalized spacial score (nSPS) is 10.1. The second-order valence-corrected chi connectivity index (χ2v) is 4.77. The zero-order valence-corrected chi connectivity index (χ0v) is 11.9. The molecule has 5 N–H and O–H groups in total. The van der Waals surface area contributed by atoms with Crippen LogP contribution in [0.2, 0.25) is 0 Å². The number of methoxy groups -OCH3 is 1. The monoisotopic (exact) mass is 285 g/mol. The maximum atomic E-state index is 11.9. The van der Waals surface area contributed by atoms with Gasteiger partial charge in [0.2, 0.25) is 5.91 Å². The number of amides is 1. The predicted octanol–water partition coefficient (Wildman–Crippen LogP) is 1.72. The Balaban J connectivity index is 1.93. The van der Waals surface area contributed by atoms with E-state index in [0.717, 1.165) is 11.1 Å². The average Bonchev–Trinajstić information content (AvgIpc) is 2.48. The third-order valence-corrected chi connectivity index (χ3v) is 3.13. The van der Waals surface area contributed by atoms with Crippen molar-refractivity contribution in [3.8, 4) is 5.75 Å². The number of anilines is 2. The van der Waals surface area contributed by atoms with Gasteiger partial charge in [-0.3, -0.25) is 4.79 Å². The lowest BCUT2D eigenvalue weighted by atomic mass is 10.1. The molecular formula is C16H19N3O2. The molecule has 0 fully saturated rings. The fourth-order valence-corrected chi connectivity index (χ4v) is 1.98. The summed E-state index contributed by atoms with van der Waals surface area (Å²) in [5.74, 6) is 0.612. The van der Waals surface area contributed by atoms with Crippen molar-refractivity contribution in [2.24, 2.45) is 0 Å². The van der Waals surface area contributed by atoms with Crippen LogP contribution in [0.3, 0.4) is 0 Å². The summed E-state index contributed by atoms with van der Waals surface area (Å²) in [4.78, 5) is 11.9. The van der Waals surface area contributed by atoms with E-state index in [-0.39, 0.29) is 5.91 Å². The van der Waals surface area contributed by atoms with Gasteiger partial charge in [0.25, 0.3) is 0 Å². The van der Waals surface area contributed by atoms with E-state index in [0.29, 0.717) is 30.1 Å². The highest BCUT2D eigenvalue weighted by Crippen LogP contribution is 2.21. The van der Waals surface area contributed by atoms with Crippen molar-refractivity contribution in [2.45, 2.75) is 13.0 Å². The van der Waals surface area contributed by atoms with Gasteiger partial charge in [0, 0.05) is 29.5 Å². The lowest BCUT2D eigenvalue weighted by Gasteiger charge is -2.10. The zero-order valence-electron chi connectivity index (χ0n) is 11.9. The van der Waals surface area contributed by atoms with E-state index < -0.39 is 0 Å². The van der Waals surface area contributed by atoms with Gasteiger partial charge in [0.05, 0.1) is 13.5 Å². The number of carbonyl (C=O) groups excluding carboxylic acids is 1. The lowest BCUT2D eigenvalue weighted by Crippen LogP contribution is -2.24. The minimum absolute atomic E-state index is 0.0568. The van der Waals surface area contributed by atoms with Gasteiger partial charge >= 0.3 is 0 Å². The molecule has 0 radical (unpaired) electrons. The number of benzene rings is 2. The number of nitrogens with two attached hydrogens (primary N) is 2. The number of hydrogen-bond acceptors (Lipinski definition) is 4. The summed E-state index contributed by atoms with van der Waals surface area (Å²) in [6.45, 7) is 0.400. The predicted molar refractivity (Wildman–Crippen MR) is 83.8 cm³/mol. The molecule has 5 heteroatoms. The number of rotatable bonds is 5. The van der Waals surface area contributed by atoms with Crippen LogP contribution in [0, 0.1) is 0 Å². The van der Waals surface area contributed by atoms with Crippen LogP contribution in [0.1, 0.15) is 11.1 Å². The Kier molecular flexibility index (Phi) is 4.66. The standard InChI is InChI=1S/C16H19N3O2/c1-21-15-9-14(18)7-4-12(15)10-19-16(20)8-11-2-5-13(17)6-3-11/h2-7,9H,8,10,17-18H2,1H3,(H,19,20). The molecule has 0 unspecified atom stereocenters. The first-order valence-electron chi connectivity index (χ1n) is 6.62. The van der Waals surface area contributed by atoms with E-state index in [4.69, 9.17) is 16.2 Å². The van der Waals surface area contributed by atoms with Crippen LogP contribution in [-0.2, 0) is 17.8 Å². The Morgan fingerprint density at radius 1 is 1.10 bits per heavy atom. The molecule has 0 aromatic heterocycles. The SMILES string of the molecule is COc1cc(N)ccc1CNC(=O)Cc1ccc(N)cc1. The fraction of sp³-hybridized carbons (Fsp3) is 0.188. The Labute approximate surface area is 123 Å². The molecule has 21 heavy (non-hydrogen) atoms. The number of hydrogen-bond donors (Lipinski definition) is 3. The molecule has 2 aromatic carbocycles. The highest BCUT2D eigenvalue weighted by molar-refractivity contribution is 5.78. The van der Waals surface area contributed by atoms with Gasteiger partial charge in [0.1, 0.15) is 5.75 Å². The summed E-state index contributed by atoms with van der Waals surface area (Å²) in [5, 5.41) is 2.87. The first-order chi connectivity index (χ1) is 10.1. The smallest absolute Gasteiger partial charge is 0.224 e. The molecule has 5 nitrogen and oxygen atoms in total. The van der Waals surface area contributed by atoms with Gasteiger partial charge in [-0.25, -0.2) is 0 Å². The van der Waals surface area contributed by atoms with Crippen molar-refractivity contribution in [1.29, 1.82) is 0 Å². The average molecular weight is 285 g/mol. The van der Waals surface area contributed by atoms with Crippen molar-refractivity contribution in [3.63, 3.8) is 0 Å². The van der Waals surface area contributed by atoms with Crippen molar-refractivity contribution >= 4 is 17.3 Å². The third kappa shape index (κ3) is 4.14. The highest BCUT2D eigenvalue weighted by atomic mass is 16.5. The maximum Gasteiger partial charge on any atom is 0.224 e. The van der Waals surface area contributed by atoms with E-state index >= 15 is 0 Å². The molecule has 0 saturated heterocycles. The molecule has 0 spiro atoms. The zero-order chi connectivity index (χ0) is 15.2. The molecule has 0 atom stereocenters. The van der Waals surface area contributed by atoms with Crippen molar-refractivity contribution in [3.05, 3.63) is 53.6 Å². The Morgan fingerprint density at radius 3 is 2.43 bits per heavy atom.